The monoisotopic (exact) mass is 279 g/mol. The molecule has 1 fully saturated rings. The van der Waals surface area contributed by atoms with Crippen LogP contribution in [0.1, 0.15) is 44.0 Å². The lowest BCUT2D eigenvalue weighted by molar-refractivity contribution is 0.312. The zero-order chi connectivity index (χ0) is 13.7. The molecule has 19 heavy (non-hydrogen) atoms. The van der Waals surface area contributed by atoms with Crippen LogP contribution in [-0.2, 0) is 0 Å². The lowest BCUT2D eigenvalue weighted by Crippen LogP contribution is -2.34. The SMILES string of the molecule is Cc1cc(C)nc(SCCNC2CCC(C)CC2)n1. The Morgan fingerprint density at radius 2 is 1.79 bits per heavy atom. The van der Waals surface area contributed by atoms with E-state index in [1.54, 1.807) is 11.8 Å². The molecule has 0 bridgehead atoms. The molecule has 1 aromatic heterocycles. The molecule has 1 aromatic rings. The predicted molar refractivity (Wildman–Crippen MR) is 81.7 cm³/mol. The normalized spacial score (nSPS) is 23.5. The van der Waals surface area contributed by atoms with E-state index in [4.69, 9.17) is 0 Å². The fourth-order valence-electron chi connectivity index (χ4n) is 2.63. The van der Waals surface area contributed by atoms with Gasteiger partial charge in [-0.15, -0.1) is 0 Å². The van der Waals surface area contributed by atoms with Crippen LogP contribution in [0.3, 0.4) is 0 Å². The summed E-state index contributed by atoms with van der Waals surface area (Å²) in [4.78, 5) is 8.90. The minimum absolute atomic E-state index is 0.733. The molecule has 1 aliphatic carbocycles. The molecule has 0 aliphatic heterocycles. The second kappa shape index (κ2) is 7.25. The van der Waals surface area contributed by atoms with Crippen molar-refractivity contribution < 1.29 is 0 Å². The van der Waals surface area contributed by atoms with Crippen LogP contribution in [0.5, 0.6) is 0 Å². The lowest BCUT2D eigenvalue weighted by atomic mass is 9.87. The van der Waals surface area contributed by atoms with Crippen LogP contribution in [0.4, 0.5) is 0 Å². The zero-order valence-electron chi connectivity index (χ0n) is 12.3. The van der Waals surface area contributed by atoms with E-state index in [2.05, 4.69) is 22.2 Å². The summed E-state index contributed by atoms with van der Waals surface area (Å²) in [7, 11) is 0. The summed E-state index contributed by atoms with van der Waals surface area (Å²) in [6, 6.07) is 2.75. The third kappa shape index (κ3) is 5.11. The summed E-state index contributed by atoms with van der Waals surface area (Å²) in [5.74, 6) is 1.98. The number of hydrogen-bond acceptors (Lipinski definition) is 4. The first-order valence-corrected chi connectivity index (χ1v) is 8.30. The first-order valence-electron chi connectivity index (χ1n) is 7.32. The maximum absolute atomic E-state index is 4.45. The van der Waals surface area contributed by atoms with Crippen molar-refractivity contribution in [2.24, 2.45) is 5.92 Å². The Morgan fingerprint density at radius 3 is 2.42 bits per heavy atom. The van der Waals surface area contributed by atoms with Gasteiger partial charge in [0.15, 0.2) is 5.16 Å². The maximum atomic E-state index is 4.45. The van der Waals surface area contributed by atoms with E-state index in [1.807, 2.05) is 19.9 Å². The quantitative estimate of drug-likeness (QED) is 0.509. The molecule has 1 saturated carbocycles. The lowest BCUT2D eigenvalue weighted by Gasteiger charge is -2.26. The number of aryl methyl sites for hydroxylation is 2. The second-order valence-electron chi connectivity index (χ2n) is 5.69. The Bertz CT molecular complexity index is 380. The number of hydrogen-bond donors (Lipinski definition) is 1. The van der Waals surface area contributed by atoms with Gasteiger partial charge in [-0.3, -0.25) is 0 Å². The largest absolute Gasteiger partial charge is 0.313 e. The average molecular weight is 279 g/mol. The summed E-state index contributed by atoms with van der Waals surface area (Å²) in [6.07, 6.45) is 5.44. The third-order valence-electron chi connectivity index (χ3n) is 3.74. The van der Waals surface area contributed by atoms with Crippen LogP contribution >= 0.6 is 11.8 Å². The number of nitrogens with zero attached hydrogens (tertiary/aromatic N) is 2. The van der Waals surface area contributed by atoms with Crippen LogP contribution in [0.25, 0.3) is 0 Å². The molecule has 2 rings (SSSR count). The molecule has 4 heteroatoms. The van der Waals surface area contributed by atoms with E-state index in [0.717, 1.165) is 40.8 Å². The molecule has 106 valence electrons. The highest BCUT2D eigenvalue weighted by Crippen LogP contribution is 2.23. The van der Waals surface area contributed by atoms with Gasteiger partial charge in [-0.2, -0.15) is 0 Å². The first-order chi connectivity index (χ1) is 9.13. The molecule has 0 spiro atoms. The molecule has 1 aliphatic rings. The summed E-state index contributed by atoms with van der Waals surface area (Å²) in [6.45, 7) is 7.48. The molecular weight excluding hydrogens is 254 g/mol. The van der Waals surface area contributed by atoms with Crippen LogP contribution in [0, 0.1) is 19.8 Å². The molecule has 0 amide bonds. The van der Waals surface area contributed by atoms with E-state index in [9.17, 15) is 0 Å². The van der Waals surface area contributed by atoms with Crippen LogP contribution in [0.2, 0.25) is 0 Å². The fourth-order valence-corrected chi connectivity index (χ4v) is 3.45. The van der Waals surface area contributed by atoms with Gasteiger partial charge in [0.1, 0.15) is 0 Å². The highest BCUT2D eigenvalue weighted by atomic mass is 32.2. The van der Waals surface area contributed by atoms with Gasteiger partial charge >= 0.3 is 0 Å². The molecule has 0 unspecified atom stereocenters. The van der Waals surface area contributed by atoms with Gasteiger partial charge in [-0.05, 0) is 51.5 Å². The third-order valence-corrected chi connectivity index (χ3v) is 4.59. The Kier molecular flexibility index (Phi) is 5.64. The zero-order valence-corrected chi connectivity index (χ0v) is 13.1. The molecule has 0 aromatic carbocycles. The van der Waals surface area contributed by atoms with Crippen molar-refractivity contribution in [3.8, 4) is 0 Å². The maximum Gasteiger partial charge on any atom is 0.188 e. The molecule has 0 atom stereocenters. The van der Waals surface area contributed by atoms with E-state index in [1.165, 1.54) is 25.7 Å². The van der Waals surface area contributed by atoms with Crippen molar-refractivity contribution >= 4 is 11.8 Å². The fraction of sp³-hybridized carbons (Fsp3) is 0.733. The van der Waals surface area contributed by atoms with Gasteiger partial charge < -0.3 is 5.32 Å². The van der Waals surface area contributed by atoms with E-state index in [-0.39, 0.29) is 0 Å². The number of thioether (sulfide) groups is 1. The molecule has 0 radical (unpaired) electrons. The Morgan fingerprint density at radius 1 is 1.16 bits per heavy atom. The van der Waals surface area contributed by atoms with Crippen molar-refractivity contribution in [2.75, 3.05) is 12.3 Å². The molecule has 1 N–H and O–H groups in total. The van der Waals surface area contributed by atoms with Crippen molar-refractivity contribution in [1.29, 1.82) is 0 Å². The van der Waals surface area contributed by atoms with Crippen molar-refractivity contribution in [3.05, 3.63) is 17.5 Å². The topological polar surface area (TPSA) is 37.8 Å². The van der Waals surface area contributed by atoms with Crippen molar-refractivity contribution in [3.63, 3.8) is 0 Å². The number of aromatic nitrogens is 2. The Hall–Kier alpha value is -0.610. The number of rotatable bonds is 5. The number of nitrogens with one attached hydrogen (secondary N) is 1. The van der Waals surface area contributed by atoms with Gasteiger partial charge in [0.2, 0.25) is 0 Å². The van der Waals surface area contributed by atoms with Gasteiger partial charge in [-0.1, -0.05) is 18.7 Å². The standard InChI is InChI=1S/C15H25N3S/c1-11-4-6-14(7-5-11)16-8-9-19-15-17-12(2)10-13(3)18-15/h10-11,14,16H,4-9H2,1-3H3. The summed E-state index contributed by atoms with van der Waals surface area (Å²) in [5.41, 5.74) is 2.12. The molecule has 1 heterocycles. The Balaban J connectivity index is 1.66. The Labute approximate surface area is 121 Å². The highest BCUT2D eigenvalue weighted by molar-refractivity contribution is 7.99. The predicted octanol–water partition coefficient (Wildman–Crippen LogP) is 3.35. The summed E-state index contributed by atoms with van der Waals surface area (Å²) >= 11 is 1.75. The molecular formula is C15H25N3S. The first kappa shape index (κ1) is 14.8. The van der Waals surface area contributed by atoms with E-state index < -0.39 is 0 Å². The van der Waals surface area contributed by atoms with Gasteiger partial charge in [0, 0.05) is 29.7 Å². The van der Waals surface area contributed by atoms with Crippen LogP contribution in [-0.4, -0.2) is 28.3 Å². The minimum atomic E-state index is 0.733. The molecule has 0 saturated heterocycles. The summed E-state index contributed by atoms with van der Waals surface area (Å²) in [5, 5.41) is 4.58. The van der Waals surface area contributed by atoms with Gasteiger partial charge in [0.25, 0.3) is 0 Å². The van der Waals surface area contributed by atoms with E-state index >= 15 is 0 Å². The van der Waals surface area contributed by atoms with Crippen LogP contribution < -0.4 is 5.32 Å². The van der Waals surface area contributed by atoms with Crippen molar-refractivity contribution in [1.82, 2.24) is 15.3 Å². The highest BCUT2D eigenvalue weighted by Gasteiger charge is 2.17. The smallest absolute Gasteiger partial charge is 0.188 e. The van der Waals surface area contributed by atoms with Crippen LogP contribution in [0.15, 0.2) is 11.2 Å². The van der Waals surface area contributed by atoms with Gasteiger partial charge in [-0.25, -0.2) is 9.97 Å². The van der Waals surface area contributed by atoms with Crippen molar-refractivity contribution in [2.45, 2.75) is 57.7 Å². The van der Waals surface area contributed by atoms with E-state index in [0.29, 0.717) is 0 Å². The summed E-state index contributed by atoms with van der Waals surface area (Å²) < 4.78 is 0. The van der Waals surface area contributed by atoms with Gasteiger partial charge in [0.05, 0.1) is 0 Å². The average Bonchev–Trinajstić information content (AvgIpc) is 2.36. The second-order valence-corrected chi connectivity index (χ2v) is 6.75. The molecule has 3 nitrogen and oxygen atoms in total. The minimum Gasteiger partial charge on any atom is -0.313 e.